The van der Waals surface area contributed by atoms with Crippen molar-refractivity contribution < 1.29 is 13.7 Å². The number of nitrogens with zero attached hydrogens (tertiary/aromatic N) is 2. The third kappa shape index (κ3) is 5.10. The van der Waals surface area contributed by atoms with E-state index in [1.165, 1.54) is 5.56 Å². The first-order valence-corrected chi connectivity index (χ1v) is 13.7. The summed E-state index contributed by atoms with van der Waals surface area (Å²) in [6.45, 7) is 15.9. The minimum atomic E-state index is -1.81. The van der Waals surface area contributed by atoms with Crippen LogP contribution in [0, 0.1) is 13.8 Å². The van der Waals surface area contributed by atoms with E-state index in [2.05, 4.69) is 61.4 Å². The van der Waals surface area contributed by atoms with Gasteiger partial charge in [-0.1, -0.05) is 38.1 Å². The predicted octanol–water partition coefficient (Wildman–Crippen LogP) is 5.85. The summed E-state index contributed by atoms with van der Waals surface area (Å²) < 4.78 is 17.2. The van der Waals surface area contributed by atoms with Gasteiger partial charge in [-0.3, -0.25) is 5.10 Å². The summed E-state index contributed by atoms with van der Waals surface area (Å²) in [5, 5.41) is 12.3. The van der Waals surface area contributed by atoms with Crippen molar-refractivity contribution in [2.24, 2.45) is 0 Å². The molecule has 1 N–H and O–H groups in total. The van der Waals surface area contributed by atoms with E-state index in [9.17, 15) is 0 Å². The molecule has 0 aliphatic rings. The SMILES string of the molecule is COc1ccc(Cc2[nH]nc(CCO[Si](C)(C)C(C)(C)C)c2-c2c(C)noc2C)cc1. The molecule has 0 unspecified atom stereocenters. The highest BCUT2D eigenvalue weighted by atomic mass is 28.4. The number of H-pyrrole nitrogens is 1. The quantitative estimate of drug-likeness (QED) is 0.444. The van der Waals surface area contributed by atoms with Crippen LogP contribution in [0.5, 0.6) is 5.75 Å². The van der Waals surface area contributed by atoms with Crippen LogP contribution >= 0.6 is 0 Å². The number of aromatic amines is 1. The van der Waals surface area contributed by atoms with Crippen molar-refractivity contribution in [2.75, 3.05) is 13.7 Å². The standard InChI is InChI=1S/C24H35N3O3Si/c1-16-22(17(2)30-27-16)23-20(13-14-29-31(7,8)24(3,4)5)25-26-21(23)15-18-9-11-19(28-6)12-10-18/h9-12H,13-15H2,1-8H3,(H,25,26). The van der Waals surface area contributed by atoms with Crippen LogP contribution in [0.1, 0.15) is 49.2 Å². The predicted molar refractivity (Wildman–Crippen MR) is 126 cm³/mol. The molecule has 0 amide bonds. The molecule has 3 rings (SSSR count). The molecule has 3 aromatic rings. The summed E-state index contributed by atoms with van der Waals surface area (Å²) in [5.74, 6) is 1.66. The Morgan fingerprint density at radius 1 is 1.06 bits per heavy atom. The molecule has 168 valence electrons. The Morgan fingerprint density at radius 2 is 1.74 bits per heavy atom. The lowest BCUT2D eigenvalue weighted by Crippen LogP contribution is -2.41. The minimum absolute atomic E-state index is 0.183. The first-order valence-electron chi connectivity index (χ1n) is 10.8. The first kappa shape index (κ1) is 23.3. The van der Waals surface area contributed by atoms with Crippen LogP contribution in [0.2, 0.25) is 18.1 Å². The number of methoxy groups -OCH3 is 1. The van der Waals surface area contributed by atoms with E-state index < -0.39 is 8.32 Å². The van der Waals surface area contributed by atoms with Gasteiger partial charge in [0.2, 0.25) is 0 Å². The van der Waals surface area contributed by atoms with Crippen LogP contribution in [0.3, 0.4) is 0 Å². The average Bonchev–Trinajstić information content (AvgIpc) is 3.23. The molecular formula is C24H35N3O3Si. The summed E-state index contributed by atoms with van der Waals surface area (Å²) in [5.41, 5.74) is 6.23. The average molecular weight is 442 g/mol. The van der Waals surface area contributed by atoms with E-state index in [-0.39, 0.29) is 5.04 Å². The van der Waals surface area contributed by atoms with Crippen LogP contribution in [0.4, 0.5) is 0 Å². The minimum Gasteiger partial charge on any atom is -0.497 e. The highest BCUT2D eigenvalue weighted by Crippen LogP contribution is 2.37. The normalized spacial score (nSPS) is 12.4. The molecule has 31 heavy (non-hydrogen) atoms. The Morgan fingerprint density at radius 3 is 2.29 bits per heavy atom. The number of aryl methyl sites for hydroxylation is 2. The molecule has 0 saturated heterocycles. The molecule has 6 nitrogen and oxygen atoms in total. The zero-order chi connectivity index (χ0) is 22.8. The van der Waals surface area contributed by atoms with Gasteiger partial charge in [-0.05, 0) is 49.7 Å². The molecule has 0 bridgehead atoms. The molecule has 7 heteroatoms. The molecule has 2 aromatic heterocycles. The van der Waals surface area contributed by atoms with Crippen LogP contribution in [0.15, 0.2) is 28.8 Å². The van der Waals surface area contributed by atoms with Gasteiger partial charge in [0.25, 0.3) is 0 Å². The van der Waals surface area contributed by atoms with E-state index in [0.29, 0.717) is 6.61 Å². The fourth-order valence-electron chi connectivity index (χ4n) is 3.43. The topological polar surface area (TPSA) is 73.2 Å². The monoisotopic (exact) mass is 441 g/mol. The van der Waals surface area contributed by atoms with Gasteiger partial charge in [0.1, 0.15) is 11.5 Å². The molecule has 0 aliphatic carbocycles. The molecule has 0 spiro atoms. The summed E-state index contributed by atoms with van der Waals surface area (Å²) in [6, 6.07) is 8.12. The van der Waals surface area contributed by atoms with Crippen LogP contribution < -0.4 is 4.74 Å². The highest BCUT2D eigenvalue weighted by molar-refractivity contribution is 6.74. The largest absolute Gasteiger partial charge is 0.497 e. The van der Waals surface area contributed by atoms with Crippen LogP contribution in [0.25, 0.3) is 11.1 Å². The second kappa shape index (κ2) is 9.00. The number of benzene rings is 1. The number of aromatic nitrogens is 3. The fourth-order valence-corrected chi connectivity index (χ4v) is 4.48. The molecule has 0 atom stereocenters. The summed E-state index contributed by atoms with van der Waals surface area (Å²) in [4.78, 5) is 0. The van der Waals surface area contributed by atoms with Crippen molar-refractivity contribution in [1.29, 1.82) is 0 Å². The summed E-state index contributed by atoms with van der Waals surface area (Å²) in [6.07, 6.45) is 1.48. The Hall–Kier alpha value is -2.38. The van der Waals surface area contributed by atoms with Crippen molar-refractivity contribution >= 4 is 8.32 Å². The number of hydrogen-bond acceptors (Lipinski definition) is 5. The molecule has 0 radical (unpaired) electrons. The van der Waals surface area contributed by atoms with Gasteiger partial charge in [0.15, 0.2) is 8.32 Å². The zero-order valence-corrected chi connectivity index (χ0v) is 21.0. The number of hydrogen-bond donors (Lipinski definition) is 1. The number of ether oxygens (including phenoxy) is 1. The Balaban J connectivity index is 1.89. The van der Waals surface area contributed by atoms with E-state index >= 15 is 0 Å². The summed E-state index contributed by atoms with van der Waals surface area (Å²) >= 11 is 0. The smallest absolute Gasteiger partial charge is 0.191 e. The molecule has 0 aliphatic heterocycles. The van der Waals surface area contributed by atoms with E-state index in [0.717, 1.165) is 52.6 Å². The van der Waals surface area contributed by atoms with Crippen molar-refractivity contribution in [3.8, 4) is 16.9 Å². The summed E-state index contributed by atoms with van der Waals surface area (Å²) in [7, 11) is -0.130. The molecule has 2 heterocycles. The fraction of sp³-hybridized carbons (Fsp3) is 0.500. The van der Waals surface area contributed by atoms with Crippen LogP contribution in [-0.4, -0.2) is 37.4 Å². The third-order valence-electron chi connectivity index (χ3n) is 6.35. The van der Waals surface area contributed by atoms with Gasteiger partial charge in [-0.15, -0.1) is 0 Å². The van der Waals surface area contributed by atoms with Crippen molar-refractivity contribution in [3.63, 3.8) is 0 Å². The lowest BCUT2D eigenvalue weighted by atomic mass is 9.97. The van der Waals surface area contributed by atoms with Crippen molar-refractivity contribution in [2.45, 2.75) is 65.6 Å². The first-order chi connectivity index (χ1) is 14.5. The molecule has 1 aromatic carbocycles. The molecule has 0 fully saturated rings. The molecule has 0 saturated carbocycles. The Labute approximate surface area is 186 Å². The van der Waals surface area contributed by atoms with Gasteiger partial charge in [0.05, 0.1) is 24.1 Å². The lowest BCUT2D eigenvalue weighted by Gasteiger charge is -2.36. The van der Waals surface area contributed by atoms with Gasteiger partial charge < -0.3 is 13.7 Å². The maximum Gasteiger partial charge on any atom is 0.191 e. The van der Waals surface area contributed by atoms with Crippen molar-refractivity contribution in [1.82, 2.24) is 15.4 Å². The van der Waals surface area contributed by atoms with Gasteiger partial charge in [0, 0.05) is 30.7 Å². The van der Waals surface area contributed by atoms with E-state index in [4.69, 9.17) is 13.7 Å². The maximum absolute atomic E-state index is 6.42. The second-order valence-corrected chi connectivity index (χ2v) is 14.4. The van der Waals surface area contributed by atoms with Gasteiger partial charge >= 0.3 is 0 Å². The number of rotatable bonds is 8. The Kier molecular flexibility index (Phi) is 6.76. The van der Waals surface area contributed by atoms with E-state index in [1.54, 1.807) is 7.11 Å². The van der Waals surface area contributed by atoms with E-state index in [1.807, 2.05) is 26.0 Å². The molecular weight excluding hydrogens is 406 g/mol. The lowest BCUT2D eigenvalue weighted by molar-refractivity contribution is 0.291. The van der Waals surface area contributed by atoms with Crippen LogP contribution in [-0.2, 0) is 17.3 Å². The van der Waals surface area contributed by atoms with Crippen molar-refractivity contribution in [3.05, 3.63) is 52.7 Å². The van der Waals surface area contributed by atoms with Gasteiger partial charge in [-0.2, -0.15) is 5.10 Å². The zero-order valence-electron chi connectivity index (χ0n) is 20.0. The third-order valence-corrected chi connectivity index (χ3v) is 10.9. The highest BCUT2D eigenvalue weighted by Gasteiger charge is 2.37. The second-order valence-electron chi connectivity index (χ2n) is 9.61. The maximum atomic E-state index is 6.42. The van der Waals surface area contributed by atoms with Gasteiger partial charge in [-0.25, -0.2) is 0 Å². The Bertz CT molecular complexity index is 994. The number of nitrogens with one attached hydrogen (secondary N) is 1.